The predicted molar refractivity (Wildman–Crippen MR) is 67.1 cm³/mol. The largest absolute Gasteiger partial charge is 0.497 e. The first-order valence-corrected chi connectivity index (χ1v) is 5.55. The number of ether oxygens (including phenoxy) is 1. The van der Waals surface area contributed by atoms with E-state index in [0.717, 1.165) is 22.1 Å². The van der Waals surface area contributed by atoms with Crippen molar-refractivity contribution in [2.24, 2.45) is 0 Å². The van der Waals surface area contributed by atoms with Crippen molar-refractivity contribution in [3.8, 4) is 5.75 Å². The van der Waals surface area contributed by atoms with Crippen molar-refractivity contribution in [1.29, 1.82) is 0 Å². The topological polar surface area (TPSA) is 49.7 Å². The fraction of sp³-hybridized carbons (Fsp3) is 0.286. The Morgan fingerprint density at radius 1 is 1.00 bits per heavy atom. The lowest BCUT2D eigenvalue weighted by Gasteiger charge is -2.14. The monoisotopic (exact) mass is 232 g/mol. The second-order valence-electron chi connectivity index (χ2n) is 4.17. The van der Waals surface area contributed by atoms with Crippen LogP contribution in [0.4, 0.5) is 0 Å². The Balaban J connectivity index is 2.44. The summed E-state index contributed by atoms with van der Waals surface area (Å²) in [5, 5.41) is 20.5. The summed E-state index contributed by atoms with van der Waals surface area (Å²) in [4.78, 5) is 0. The minimum Gasteiger partial charge on any atom is -0.497 e. The molecule has 0 amide bonds. The molecule has 2 aromatic rings. The normalized spacial score (nSPS) is 13.0. The van der Waals surface area contributed by atoms with Gasteiger partial charge in [-0.1, -0.05) is 31.2 Å². The van der Waals surface area contributed by atoms with Crippen LogP contribution < -0.4 is 4.74 Å². The van der Waals surface area contributed by atoms with Crippen molar-refractivity contribution in [1.82, 2.24) is 0 Å². The Bertz CT molecular complexity index is 520. The summed E-state index contributed by atoms with van der Waals surface area (Å²) in [6.07, 6.45) is -1.33. The summed E-state index contributed by atoms with van der Waals surface area (Å²) in [5.41, 5.74) is 0.915. The molecule has 0 saturated heterocycles. The maximum absolute atomic E-state index is 9.16. The molecule has 0 aromatic heterocycles. The van der Waals surface area contributed by atoms with E-state index in [9.17, 15) is 0 Å². The molecule has 0 fully saturated rings. The summed E-state index contributed by atoms with van der Waals surface area (Å²) in [6, 6.07) is 11.7. The first kappa shape index (κ1) is 11.9. The molecule has 0 spiro atoms. The SMILES string of the molecule is COc1ccc2cc([C@H](C)C(O)O)ccc2c1. The zero-order chi connectivity index (χ0) is 12.4. The van der Waals surface area contributed by atoms with Gasteiger partial charge >= 0.3 is 0 Å². The van der Waals surface area contributed by atoms with Gasteiger partial charge in [-0.3, -0.25) is 0 Å². The van der Waals surface area contributed by atoms with Crippen LogP contribution in [0.15, 0.2) is 36.4 Å². The highest BCUT2D eigenvalue weighted by atomic mass is 16.5. The van der Waals surface area contributed by atoms with Crippen molar-refractivity contribution >= 4 is 10.8 Å². The van der Waals surface area contributed by atoms with Crippen LogP contribution in [0.1, 0.15) is 18.4 Å². The highest BCUT2D eigenvalue weighted by Gasteiger charge is 2.13. The van der Waals surface area contributed by atoms with E-state index in [4.69, 9.17) is 14.9 Å². The van der Waals surface area contributed by atoms with Crippen LogP contribution in [0, 0.1) is 0 Å². The van der Waals surface area contributed by atoms with Gasteiger partial charge in [0.1, 0.15) is 5.75 Å². The Kier molecular flexibility index (Phi) is 3.31. The average molecular weight is 232 g/mol. The maximum atomic E-state index is 9.16. The third kappa shape index (κ3) is 2.40. The Labute approximate surface area is 100 Å². The van der Waals surface area contributed by atoms with E-state index in [1.165, 1.54) is 0 Å². The molecular formula is C14H16O3. The van der Waals surface area contributed by atoms with E-state index in [-0.39, 0.29) is 5.92 Å². The van der Waals surface area contributed by atoms with Crippen molar-refractivity contribution < 1.29 is 14.9 Å². The zero-order valence-corrected chi connectivity index (χ0v) is 9.92. The number of hydrogen-bond acceptors (Lipinski definition) is 3. The number of fused-ring (bicyclic) bond motifs is 1. The van der Waals surface area contributed by atoms with Gasteiger partial charge in [0.2, 0.25) is 0 Å². The number of benzene rings is 2. The number of hydrogen-bond donors (Lipinski definition) is 2. The standard InChI is InChI=1S/C14H16O3/c1-9(14(15)16)10-3-4-12-8-13(17-2)6-5-11(12)7-10/h3-9,14-16H,1-2H3/t9-/m0/s1. The second-order valence-corrected chi connectivity index (χ2v) is 4.17. The number of aliphatic hydroxyl groups is 2. The van der Waals surface area contributed by atoms with Crippen LogP contribution in [0.5, 0.6) is 5.75 Å². The van der Waals surface area contributed by atoms with Crippen molar-refractivity contribution in [2.75, 3.05) is 7.11 Å². The van der Waals surface area contributed by atoms with Crippen LogP contribution in [0.3, 0.4) is 0 Å². The minimum absolute atomic E-state index is 0.290. The van der Waals surface area contributed by atoms with Crippen LogP contribution in [-0.2, 0) is 0 Å². The second kappa shape index (κ2) is 4.73. The lowest BCUT2D eigenvalue weighted by molar-refractivity contribution is -0.0560. The molecule has 0 unspecified atom stereocenters. The summed E-state index contributed by atoms with van der Waals surface area (Å²) in [6.45, 7) is 1.79. The summed E-state index contributed by atoms with van der Waals surface area (Å²) in [7, 11) is 1.64. The van der Waals surface area contributed by atoms with E-state index in [2.05, 4.69) is 0 Å². The van der Waals surface area contributed by atoms with Gasteiger partial charge in [-0.25, -0.2) is 0 Å². The van der Waals surface area contributed by atoms with E-state index in [0.29, 0.717) is 0 Å². The molecule has 0 aliphatic rings. The Morgan fingerprint density at radius 3 is 2.29 bits per heavy atom. The lowest BCUT2D eigenvalue weighted by Crippen LogP contribution is -2.14. The smallest absolute Gasteiger partial charge is 0.158 e. The molecule has 3 nitrogen and oxygen atoms in total. The molecule has 90 valence electrons. The molecular weight excluding hydrogens is 216 g/mol. The molecule has 0 aliphatic carbocycles. The van der Waals surface area contributed by atoms with E-state index in [1.54, 1.807) is 14.0 Å². The fourth-order valence-electron chi connectivity index (χ4n) is 1.82. The Hall–Kier alpha value is -1.58. The first-order valence-electron chi connectivity index (χ1n) is 5.55. The minimum atomic E-state index is -1.33. The molecule has 0 heterocycles. The van der Waals surface area contributed by atoms with Gasteiger partial charge in [0.05, 0.1) is 7.11 Å². The van der Waals surface area contributed by atoms with Gasteiger partial charge in [-0.05, 0) is 28.5 Å². The van der Waals surface area contributed by atoms with Gasteiger partial charge in [-0.2, -0.15) is 0 Å². The predicted octanol–water partition coefficient (Wildman–Crippen LogP) is 2.26. The molecule has 2 N–H and O–H groups in total. The van der Waals surface area contributed by atoms with Crippen LogP contribution in [-0.4, -0.2) is 23.6 Å². The van der Waals surface area contributed by atoms with Gasteiger partial charge in [-0.15, -0.1) is 0 Å². The summed E-state index contributed by atoms with van der Waals surface area (Å²) in [5.74, 6) is 0.530. The lowest BCUT2D eigenvalue weighted by atomic mass is 9.97. The molecule has 0 radical (unpaired) electrons. The molecule has 3 heteroatoms. The average Bonchev–Trinajstić information content (AvgIpc) is 2.36. The molecule has 2 rings (SSSR count). The summed E-state index contributed by atoms with van der Waals surface area (Å²) >= 11 is 0. The van der Waals surface area contributed by atoms with Crippen LogP contribution >= 0.6 is 0 Å². The first-order chi connectivity index (χ1) is 8.11. The summed E-state index contributed by atoms with van der Waals surface area (Å²) < 4.78 is 5.16. The number of aliphatic hydroxyl groups excluding tert-OH is 1. The Morgan fingerprint density at radius 2 is 1.65 bits per heavy atom. The van der Waals surface area contributed by atoms with Crippen molar-refractivity contribution in [2.45, 2.75) is 19.1 Å². The van der Waals surface area contributed by atoms with E-state index in [1.807, 2.05) is 36.4 Å². The quantitative estimate of drug-likeness (QED) is 0.798. The number of methoxy groups -OCH3 is 1. The van der Waals surface area contributed by atoms with Crippen LogP contribution in [0.2, 0.25) is 0 Å². The van der Waals surface area contributed by atoms with Crippen molar-refractivity contribution in [3.05, 3.63) is 42.0 Å². The van der Waals surface area contributed by atoms with Gasteiger partial charge < -0.3 is 14.9 Å². The van der Waals surface area contributed by atoms with Crippen LogP contribution in [0.25, 0.3) is 10.8 Å². The van der Waals surface area contributed by atoms with Gasteiger partial charge in [0.25, 0.3) is 0 Å². The molecule has 0 aliphatic heterocycles. The molecule has 0 bridgehead atoms. The van der Waals surface area contributed by atoms with E-state index < -0.39 is 6.29 Å². The van der Waals surface area contributed by atoms with Crippen molar-refractivity contribution in [3.63, 3.8) is 0 Å². The maximum Gasteiger partial charge on any atom is 0.158 e. The zero-order valence-electron chi connectivity index (χ0n) is 9.92. The highest BCUT2D eigenvalue weighted by molar-refractivity contribution is 5.84. The van der Waals surface area contributed by atoms with Gasteiger partial charge in [0.15, 0.2) is 6.29 Å². The molecule has 2 aromatic carbocycles. The molecule has 1 atom stereocenters. The van der Waals surface area contributed by atoms with E-state index >= 15 is 0 Å². The fourth-order valence-corrected chi connectivity index (χ4v) is 1.82. The highest BCUT2D eigenvalue weighted by Crippen LogP contribution is 2.26. The third-order valence-corrected chi connectivity index (χ3v) is 3.04. The molecule has 0 saturated carbocycles. The van der Waals surface area contributed by atoms with Gasteiger partial charge in [0, 0.05) is 5.92 Å². The molecule has 17 heavy (non-hydrogen) atoms. The third-order valence-electron chi connectivity index (χ3n) is 3.04. The number of rotatable bonds is 3.